The van der Waals surface area contributed by atoms with Crippen LogP contribution in [0.2, 0.25) is 0 Å². The molecule has 6 heteroatoms. The predicted molar refractivity (Wildman–Crippen MR) is 80.4 cm³/mol. The summed E-state index contributed by atoms with van der Waals surface area (Å²) >= 11 is 0. The number of hydrogen-bond acceptors (Lipinski definition) is 4. The molecule has 2 unspecified atom stereocenters. The van der Waals surface area contributed by atoms with Crippen LogP contribution in [0, 0.1) is 0 Å². The topological polar surface area (TPSA) is 107 Å². The van der Waals surface area contributed by atoms with E-state index in [2.05, 4.69) is 5.32 Å². The Morgan fingerprint density at radius 1 is 1.14 bits per heavy atom. The maximum absolute atomic E-state index is 11.8. The minimum atomic E-state index is -1.13. The van der Waals surface area contributed by atoms with Gasteiger partial charge in [-0.05, 0) is 29.9 Å². The van der Waals surface area contributed by atoms with Gasteiger partial charge in [-0.25, -0.2) is 4.79 Å². The number of carbonyl (C=O) groups excluding carboxylic acids is 1. The van der Waals surface area contributed by atoms with Crippen molar-refractivity contribution >= 4 is 17.6 Å². The molecule has 1 amide bonds. The third-order valence-corrected chi connectivity index (χ3v) is 3.04. The minimum absolute atomic E-state index is 0.000396. The Labute approximate surface area is 126 Å². The summed E-state index contributed by atoms with van der Waals surface area (Å²) in [5.41, 5.74) is 0.771. The molecule has 0 spiro atoms. The Hall–Kier alpha value is -2.70. The van der Waals surface area contributed by atoms with Crippen molar-refractivity contribution in [3.63, 3.8) is 0 Å². The average Bonchev–Trinajstić information content (AvgIpc) is 2.49. The Balaban J connectivity index is 2.05. The van der Waals surface area contributed by atoms with Gasteiger partial charge in [0.1, 0.15) is 12.2 Å². The highest BCUT2D eigenvalue weighted by Gasteiger charge is 2.14. The van der Waals surface area contributed by atoms with E-state index < -0.39 is 24.1 Å². The number of carbonyl (C=O) groups is 2. The maximum Gasteiger partial charge on any atom is 0.337 e. The van der Waals surface area contributed by atoms with Crippen LogP contribution in [0.1, 0.15) is 10.4 Å². The van der Waals surface area contributed by atoms with E-state index in [0.717, 1.165) is 0 Å². The van der Waals surface area contributed by atoms with Gasteiger partial charge in [-0.15, -0.1) is 0 Å². The zero-order valence-electron chi connectivity index (χ0n) is 11.5. The SMILES string of the molecule is O=C(/C=C/C1=CC(O)C(O)C=C1)Nc1ccccc1C(=O)O. The molecule has 0 fully saturated rings. The molecule has 4 N–H and O–H groups in total. The second-order valence-corrected chi connectivity index (χ2v) is 4.68. The molecular formula is C16H15NO5. The van der Waals surface area contributed by atoms with Gasteiger partial charge in [-0.3, -0.25) is 4.79 Å². The lowest BCUT2D eigenvalue weighted by molar-refractivity contribution is -0.111. The number of aromatic carboxylic acids is 1. The van der Waals surface area contributed by atoms with Gasteiger partial charge < -0.3 is 20.6 Å². The van der Waals surface area contributed by atoms with Gasteiger partial charge in [-0.2, -0.15) is 0 Å². The van der Waals surface area contributed by atoms with Crippen LogP contribution in [0.4, 0.5) is 5.69 Å². The Kier molecular flexibility index (Phi) is 4.88. The second kappa shape index (κ2) is 6.84. The number of allylic oxidation sites excluding steroid dienone is 3. The summed E-state index contributed by atoms with van der Waals surface area (Å²) < 4.78 is 0. The Morgan fingerprint density at radius 2 is 1.86 bits per heavy atom. The summed E-state index contributed by atoms with van der Waals surface area (Å²) in [6.45, 7) is 0. The van der Waals surface area contributed by atoms with Crippen LogP contribution in [0.3, 0.4) is 0 Å². The van der Waals surface area contributed by atoms with Crippen LogP contribution in [-0.4, -0.2) is 39.4 Å². The molecule has 0 heterocycles. The fraction of sp³-hybridized carbons (Fsp3) is 0.125. The van der Waals surface area contributed by atoms with E-state index in [-0.39, 0.29) is 11.3 Å². The van der Waals surface area contributed by atoms with E-state index in [1.165, 1.54) is 36.4 Å². The zero-order valence-corrected chi connectivity index (χ0v) is 11.5. The molecule has 0 bridgehead atoms. The number of rotatable bonds is 4. The molecule has 22 heavy (non-hydrogen) atoms. The fourth-order valence-corrected chi connectivity index (χ4v) is 1.91. The molecule has 1 aliphatic carbocycles. The molecule has 0 aromatic heterocycles. The molecule has 114 valence electrons. The van der Waals surface area contributed by atoms with E-state index in [4.69, 9.17) is 5.11 Å². The smallest absolute Gasteiger partial charge is 0.337 e. The van der Waals surface area contributed by atoms with Crippen LogP contribution in [-0.2, 0) is 4.79 Å². The van der Waals surface area contributed by atoms with Crippen molar-refractivity contribution in [2.24, 2.45) is 0 Å². The van der Waals surface area contributed by atoms with Crippen molar-refractivity contribution in [1.82, 2.24) is 0 Å². The molecule has 1 aliphatic rings. The van der Waals surface area contributed by atoms with Crippen molar-refractivity contribution in [3.05, 3.63) is 65.8 Å². The number of para-hydroxylation sites is 1. The average molecular weight is 301 g/mol. The van der Waals surface area contributed by atoms with Crippen molar-refractivity contribution in [2.45, 2.75) is 12.2 Å². The lowest BCUT2D eigenvalue weighted by Crippen LogP contribution is -2.23. The Bertz CT molecular complexity index is 675. The van der Waals surface area contributed by atoms with E-state index in [9.17, 15) is 19.8 Å². The van der Waals surface area contributed by atoms with Gasteiger partial charge >= 0.3 is 5.97 Å². The van der Waals surface area contributed by atoms with E-state index in [0.29, 0.717) is 5.57 Å². The number of aliphatic hydroxyl groups is 2. The van der Waals surface area contributed by atoms with Crippen molar-refractivity contribution in [1.29, 1.82) is 0 Å². The number of carboxylic acid groups (broad SMARTS) is 1. The molecule has 1 aromatic rings. The van der Waals surface area contributed by atoms with E-state index in [1.807, 2.05) is 0 Å². The molecule has 2 atom stereocenters. The molecule has 0 saturated carbocycles. The Morgan fingerprint density at radius 3 is 2.55 bits per heavy atom. The summed E-state index contributed by atoms with van der Waals surface area (Å²) in [7, 11) is 0. The number of amides is 1. The summed E-state index contributed by atoms with van der Waals surface area (Å²) in [5, 5.41) is 30.3. The predicted octanol–water partition coefficient (Wildman–Crippen LogP) is 1.10. The first-order valence-electron chi connectivity index (χ1n) is 6.55. The highest BCUT2D eigenvalue weighted by Crippen LogP contribution is 2.15. The summed E-state index contributed by atoms with van der Waals surface area (Å²) in [6, 6.07) is 6.08. The van der Waals surface area contributed by atoms with Crippen LogP contribution < -0.4 is 5.32 Å². The van der Waals surface area contributed by atoms with Crippen molar-refractivity contribution in [2.75, 3.05) is 5.32 Å². The zero-order chi connectivity index (χ0) is 16.1. The second-order valence-electron chi connectivity index (χ2n) is 4.68. The first-order valence-corrected chi connectivity index (χ1v) is 6.55. The van der Waals surface area contributed by atoms with Gasteiger partial charge in [0, 0.05) is 6.08 Å². The monoisotopic (exact) mass is 301 g/mol. The molecule has 0 aliphatic heterocycles. The number of aliphatic hydroxyl groups excluding tert-OH is 2. The van der Waals surface area contributed by atoms with Crippen LogP contribution in [0.5, 0.6) is 0 Å². The quantitative estimate of drug-likeness (QED) is 0.623. The lowest BCUT2D eigenvalue weighted by Gasteiger charge is -2.15. The molecule has 2 rings (SSSR count). The number of carboxylic acids is 1. The van der Waals surface area contributed by atoms with Crippen molar-refractivity contribution < 1.29 is 24.9 Å². The standard InChI is InChI=1S/C16H15NO5/c18-13-7-5-10(9-14(13)19)6-8-15(20)17-12-4-2-1-3-11(12)16(21)22/h1-9,13-14,18-19H,(H,17,20)(H,21,22)/b8-6+. The number of nitrogens with one attached hydrogen (secondary N) is 1. The number of benzene rings is 1. The van der Waals surface area contributed by atoms with Gasteiger partial charge in [0.25, 0.3) is 0 Å². The molecule has 0 radical (unpaired) electrons. The van der Waals surface area contributed by atoms with Crippen LogP contribution in [0.15, 0.2) is 60.2 Å². The summed E-state index contributed by atoms with van der Waals surface area (Å²) in [4.78, 5) is 22.9. The number of anilines is 1. The molecule has 1 aromatic carbocycles. The lowest BCUT2D eigenvalue weighted by atomic mass is 10.0. The van der Waals surface area contributed by atoms with Crippen LogP contribution >= 0.6 is 0 Å². The number of hydrogen-bond donors (Lipinski definition) is 4. The highest BCUT2D eigenvalue weighted by atomic mass is 16.4. The van der Waals surface area contributed by atoms with Crippen molar-refractivity contribution in [3.8, 4) is 0 Å². The largest absolute Gasteiger partial charge is 0.478 e. The van der Waals surface area contributed by atoms with E-state index >= 15 is 0 Å². The van der Waals surface area contributed by atoms with Gasteiger partial charge in [0.15, 0.2) is 0 Å². The maximum atomic E-state index is 11.8. The molecule has 6 nitrogen and oxygen atoms in total. The molecule has 0 saturated heterocycles. The van der Waals surface area contributed by atoms with E-state index in [1.54, 1.807) is 18.2 Å². The fourth-order valence-electron chi connectivity index (χ4n) is 1.91. The first kappa shape index (κ1) is 15.7. The first-order chi connectivity index (χ1) is 10.5. The normalized spacial score (nSPS) is 20.7. The minimum Gasteiger partial charge on any atom is -0.478 e. The third-order valence-electron chi connectivity index (χ3n) is 3.04. The highest BCUT2D eigenvalue weighted by molar-refractivity contribution is 6.04. The summed E-state index contributed by atoms with van der Waals surface area (Å²) in [6.07, 6.45) is 5.13. The van der Waals surface area contributed by atoms with Gasteiger partial charge in [0.2, 0.25) is 5.91 Å². The van der Waals surface area contributed by atoms with Gasteiger partial charge in [-0.1, -0.05) is 24.3 Å². The summed E-state index contributed by atoms with van der Waals surface area (Å²) in [5.74, 6) is -1.63. The molecular weight excluding hydrogens is 286 g/mol. The van der Waals surface area contributed by atoms with Gasteiger partial charge in [0.05, 0.1) is 11.3 Å². The third kappa shape index (κ3) is 3.91. The van der Waals surface area contributed by atoms with Crippen LogP contribution in [0.25, 0.3) is 0 Å².